The number of aromatic nitrogens is 2. The van der Waals surface area contributed by atoms with Crippen molar-refractivity contribution in [1.82, 2.24) is 9.78 Å². The molecule has 0 aliphatic carbocycles. The predicted octanol–water partition coefficient (Wildman–Crippen LogP) is 4.54. The first-order chi connectivity index (χ1) is 13.5. The average molecular weight is 370 g/mol. The second kappa shape index (κ2) is 7.19. The molecule has 0 aliphatic heterocycles. The molecule has 0 radical (unpaired) electrons. The Kier molecular flexibility index (Phi) is 4.57. The van der Waals surface area contributed by atoms with Gasteiger partial charge in [-0.1, -0.05) is 36.4 Å². The number of hydrogen-bond donors (Lipinski definition) is 2. The van der Waals surface area contributed by atoms with E-state index in [0.717, 1.165) is 27.7 Å². The third-order valence-corrected chi connectivity index (χ3v) is 5.04. The van der Waals surface area contributed by atoms with Crippen molar-refractivity contribution in [3.05, 3.63) is 89.1 Å². The van der Waals surface area contributed by atoms with Crippen molar-refractivity contribution >= 4 is 28.2 Å². The van der Waals surface area contributed by atoms with Crippen LogP contribution in [0.2, 0.25) is 0 Å². The van der Waals surface area contributed by atoms with Gasteiger partial charge < -0.3 is 11.1 Å². The van der Waals surface area contributed by atoms with Gasteiger partial charge in [0.1, 0.15) is 0 Å². The molecule has 1 amide bonds. The first-order valence-electron chi connectivity index (χ1n) is 9.20. The smallest absolute Gasteiger partial charge is 0.255 e. The lowest BCUT2D eigenvalue weighted by atomic mass is 10.0. The number of aryl methyl sites for hydroxylation is 2. The van der Waals surface area contributed by atoms with Crippen molar-refractivity contribution in [2.75, 3.05) is 11.1 Å². The molecule has 3 aromatic carbocycles. The van der Waals surface area contributed by atoms with Crippen LogP contribution in [-0.4, -0.2) is 15.7 Å². The molecule has 0 bridgehead atoms. The highest BCUT2D eigenvalue weighted by Crippen LogP contribution is 2.21. The van der Waals surface area contributed by atoms with Gasteiger partial charge in [-0.25, -0.2) is 0 Å². The molecule has 140 valence electrons. The predicted molar refractivity (Wildman–Crippen MR) is 114 cm³/mol. The van der Waals surface area contributed by atoms with E-state index in [9.17, 15) is 4.79 Å². The quantitative estimate of drug-likeness (QED) is 0.518. The maximum atomic E-state index is 12.6. The van der Waals surface area contributed by atoms with Crippen molar-refractivity contribution in [3.63, 3.8) is 0 Å². The number of nitrogens with one attached hydrogen (secondary N) is 1. The van der Waals surface area contributed by atoms with E-state index >= 15 is 0 Å². The van der Waals surface area contributed by atoms with Crippen molar-refractivity contribution in [3.8, 4) is 0 Å². The summed E-state index contributed by atoms with van der Waals surface area (Å²) in [5.41, 5.74) is 12.0. The Balaban J connectivity index is 1.56. The van der Waals surface area contributed by atoms with Crippen LogP contribution >= 0.6 is 0 Å². The van der Waals surface area contributed by atoms with Gasteiger partial charge in [0, 0.05) is 16.6 Å². The van der Waals surface area contributed by atoms with E-state index in [4.69, 9.17) is 10.8 Å². The van der Waals surface area contributed by atoms with Crippen molar-refractivity contribution < 1.29 is 4.79 Å². The van der Waals surface area contributed by atoms with Gasteiger partial charge in [0.25, 0.3) is 5.91 Å². The fourth-order valence-electron chi connectivity index (χ4n) is 3.35. The van der Waals surface area contributed by atoms with Crippen LogP contribution in [0.5, 0.6) is 0 Å². The van der Waals surface area contributed by atoms with Crippen molar-refractivity contribution in [1.29, 1.82) is 0 Å². The molecule has 5 nitrogen and oxygen atoms in total. The second-order valence-electron chi connectivity index (χ2n) is 6.94. The molecule has 0 fully saturated rings. The van der Waals surface area contributed by atoms with Crippen molar-refractivity contribution in [2.24, 2.45) is 0 Å². The Morgan fingerprint density at radius 2 is 1.79 bits per heavy atom. The first kappa shape index (κ1) is 17.8. The summed E-state index contributed by atoms with van der Waals surface area (Å²) < 4.78 is 2.01. The molecular weight excluding hydrogens is 348 g/mol. The molecule has 4 rings (SSSR count). The maximum absolute atomic E-state index is 12.6. The summed E-state index contributed by atoms with van der Waals surface area (Å²) in [4.78, 5) is 12.6. The van der Waals surface area contributed by atoms with E-state index in [1.165, 1.54) is 0 Å². The van der Waals surface area contributed by atoms with Gasteiger partial charge in [0.2, 0.25) is 0 Å². The van der Waals surface area contributed by atoms with Crippen LogP contribution in [0, 0.1) is 13.8 Å². The first-order valence-corrected chi connectivity index (χ1v) is 9.20. The molecule has 3 N–H and O–H groups in total. The zero-order valence-corrected chi connectivity index (χ0v) is 15.9. The number of benzene rings is 3. The number of fused-ring (bicyclic) bond motifs is 1. The summed E-state index contributed by atoms with van der Waals surface area (Å²) in [7, 11) is 0. The SMILES string of the molecule is Cc1cc(C(=O)Nc2ccccc2N)ccc1Cn1nc2ccccc2c1C. The van der Waals surface area contributed by atoms with Gasteiger partial charge in [-0.3, -0.25) is 9.48 Å². The molecule has 0 spiro atoms. The van der Waals surface area contributed by atoms with Gasteiger partial charge in [0.05, 0.1) is 23.4 Å². The molecule has 0 unspecified atom stereocenters. The maximum Gasteiger partial charge on any atom is 0.255 e. The molecule has 28 heavy (non-hydrogen) atoms. The molecular formula is C23H22N4O. The Labute approximate surface area is 163 Å². The van der Waals surface area contributed by atoms with E-state index in [2.05, 4.69) is 18.3 Å². The lowest BCUT2D eigenvalue weighted by molar-refractivity contribution is 0.102. The number of para-hydroxylation sites is 2. The van der Waals surface area contributed by atoms with E-state index in [1.54, 1.807) is 12.1 Å². The van der Waals surface area contributed by atoms with E-state index in [1.807, 2.05) is 60.1 Å². The number of rotatable bonds is 4. The molecule has 0 saturated carbocycles. The van der Waals surface area contributed by atoms with Crippen LogP contribution < -0.4 is 11.1 Å². The Morgan fingerprint density at radius 3 is 2.54 bits per heavy atom. The van der Waals surface area contributed by atoms with Crippen LogP contribution in [0.15, 0.2) is 66.7 Å². The highest BCUT2D eigenvalue weighted by Gasteiger charge is 2.12. The Bertz CT molecular complexity index is 1180. The number of carbonyl (C=O) groups is 1. The van der Waals surface area contributed by atoms with E-state index in [0.29, 0.717) is 23.5 Å². The van der Waals surface area contributed by atoms with Gasteiger partial charge in [-0.05, 0) is 55.3 Å². The summed E-state index contributed by atoms with van der Waals surface area (Å²) in [6.45, 7) is 4.76. The highest BCUT2D eigenvalue weighted by atomic mass is 16.1. The van der Waals surface area contributed by atoms with Crippen LogP contribution in [-0.2, 0) is 6.54 Å². The second-order valence-corrected chi connectivity index (χ2v) is 6.94. The van der Waals surface area contributed by atoms with Gasteiger partial charge in [-0.15, -0.1) is 0 Å². The number of carbonyl (C=O) groups excluding carboxylic acids is 1. The number of amides is 1. The summed E-state index contributed by atoms with van der Waals surface area (Å²) in [6.07, 6.45) is 0. The minimum Gasteiger partial charge on any atom is -0.397 e. The summed E-state index contributed by atoms with van der Waals surface area (Å²) in [5, 5.41) is 8.73. The molecule has 4 aromatic rings. The Hall–Kier alpha value is -3.60. The molecule has 5 heteroatoms. The van der Waals surface area contributed by atoms with Crippen LogP contribution in [0.1, 0.15) is 27.2 Å². The van der Waals surface area contributed by atoms with Crippen LogP contribution in [0.3, 0.4) is 0 Å². The van der Waals surface area contributed by atoms with Gasteiger partial charge in [0.15, 0.2) is 0 Å². The lowest BCUT2D eigenvalue weighted by Gasteiger charge is -2.11. The number of anilines is 2. The zero-order valence-electron chi connectivity index (χ0n) is 15.9. The van der Waals surface area contributed by atoms with Gasteiger partial charge >= 0.3 is 0 Å². The minimum absolute atomic E-state index is 0.173. The molecule has 1 aromatic heterocycles. The van der Waals surface area contributed by atoms with Crippen LogP contribution in [0.25, 0.3) is 10.9 Å². The van der Waals surface area contributed by atoms with Crippen molar-refractivity contribution in [2.45, 2.75) is 20.4 Å². The zero-order chi connectivity index (χ0) is 19.7. The third-order valence-electron chi connectivity index (χ3n) is 5.04. The average Bonchev–Trinajstić information content (AvgIpc) is 3.01. The monoisotopic (exact) mass is 370 g/mol. The molecule has 0 atom stereocenters. The topological polar surface area (TPSA) is 72.9 Å². The fourth-order valence-corrected chi connectivity index (χ4v) is 3.35. The molecule has 0 aliphatic rings. The normalized spacial score (nSPS) is 10.9. The summed E-state index contributed by atoms with van der Waals surface area (Å²) >= 11 is 0. The largest absolute Gasteiger partial charge is 0.397 e. The number of nitrogens with two attached hydrogens (primary N) is 1. The van der Waals surface area contributed by atoms with E-state index in [-0.39, 0.29) is 5.91 Å². The number of nitrogens with zero attached hydrogens (tertiary/aromatic N) is 2. The highest BCUT2D eigenvalue weighted by molar-refractivity contribution is 6.05. The Morgan fingerprint density at radius 1 is 1.04 bits per heavy atom. The summed E-state index contributed by atoms with van der Waals surface area (Å²) in [6, 6.07) is 21.1. The number of nitrogen functional groups attached to an aromatic ring is 1. The molecule has 0 saturated heterocycles. The molecule has 1 heterocycles. The lowest BCUT2D eigenvalue weighted by Crippen LogP contribution is -2.14. The summed E-state index contributed by atoms with van der Waals surface area (Å²) in [5.74, 6) is -0.173. The fraction of sp³-hybridized carbons (Fsp3) is 0.130. The van der Waals surface area contributed by atoms with E-state index < -0.39 is 0 Å². The minimum atomic E-state index is -0.173. The standard InChI is InChI=1S/C23H22N4O/c1-15-13-17(23(28)25-22-10-6-4-8-20(22)24)11-12-18(15)14-27-16(2)19-7-3-5-9-21(19)26-27/h3-13H,14,24H2,1-2H3,(H,25,28). The third kappa shape index (κ3) is 3.34. The number of hydrogen-bond acceptors (Lipinski definition) is 3. The van der Waals surface area contributed by atoms with Crippen LogP contribution in [0.4, 0.5) is 11.4 Å². The van der Waals surface area contributed by atoms with Gasteiger partial charge in [-0.2, -0.15) is 5.10 Å².